The topological polar surface area (TPSA) is 98.3 Å². The molecule has 19 heavy (non-hydrogen) atoms. The van der Waals surface area contributed by atoms with Gasteiger partial charge in [0.1, 0.15) is 0 Å². The number of hydrogen-bond donors (Lipinski definition) is 2. The fourth-order valence-corrected chi connectivity index (χ4v) is 1.60. The maximum atomic E-state index is 11.7. The van der Waals surface area contributed by atoms with Crippen molar-refractivity contribution < 1.29 is 9.72 Å². The SMILES string of the molecule is CC(C)(N)CNC(=O)Cc1ccc([N+](=O)[O-])cc1Cl. The Labute approximate surface area is 116 Å². The highest BCUT2D eigenvalue weighted by molar-refractivity contribution is 6.31. The first-order chi connectivity index (χ1) is 8.69. The highest BCUT2D eigenvalue weighted by atomic mass is 35.5. The number of halogens is 1. The van der Waals surface area contributed by atoms with E-state index in [-0.39, 0.29) is 23.0 Å². The summed E-state index contributed by atoms with van der Waals surface area (Å²) < 4.78 is 0. The number of benzene rings is 1. The number of carbonyl (C=O) groups is 1. The quantitative estimate of drug-likeness (QED) is 0.635. The number of rotatable bonds is 5. The molecule has 0 aliphatic carbocycles. The predicted molar refractivity (Wildman–Crippen MR) is 73.1 cm³/mol. The van der Waals surface area contributed by atoms with Crippen LogP contribution in [-0.4, -0.2) is 22.9 Å². The summed E-state index contributed by atoms with van der Waals surface area (Å²) in [6, 6.07) is 4.03. The molecule has 7 heteroatoms. The van der Waals surface area contributed by atoms with Gasteiger partial charge in [-0.15, -0.1) is 0 Å². The molecule has 0 spiro atoms. The zero-order chi connectivity index (χ0) is 14.6. The molecule has 0 bridgehead atoms. The van der Waals surface area contributed by atoms with Crippen LogP contribution in [0.5, 0.6) is 0 Å². The van der Waals surface area contributed by atoms with Gasteiger partial charge in [0.2, 0.25) is 5.91 Å². The van der Waals surface area contributed by atoms with Gasteiger partial charge in [-0.05, 0) is 19.4 Å². The zero-order valence-corrected chi connectivity index (χ0v) is 11.5. The molecular formula is C12H16ClN3O3. The van der Waals surface area contributed by atoms with E-state index in [1.807, 2.05) is 0 Å². The molecule has 0 aromatic heterocycles. The van der Waals surface area contributed by atoms with Crippen LogP contribution >= 0.6 is 11.6 Å². The summed E-state index contributed by atoms with van der Waals surface area (Å²) >= 11 is 5.90. The summed E-state index contributed by atoms with van der Waals surface area (Å²) in [5.74, 6) is -0.228. The molecule has 1 rings (SSSR count). The molecule has 1 aromatic rings. The van der Waals surface area contributed by atoms with Gasteiger partial charge in [-0.2, -0.15) is 0 Å². The van der Waals surface area contributed by atoms with E-state index in [0.29, 0.717) is 12.1 Å². The standard InChI is InChI=1S/C12H16ClN3O3/c1-12(2,14)7-15-11(17)5-8-3-4-9(16(18)19)6-10(8)13/h3-4,6H,5,7,14H2,1-2H3,(H,15,17). The van der Waals surface area contributed by atoms with Crippen molar-refractivity contribution in [2.75, 3.05) is 6.54 Å². The average Bonchev–Trinajstić information content (AvgIpc) is 2.28. The van der Waals surface area contributed by atoms with E-state index < -0.39 is 10.5 Å². The number of carbonyl (C=O) groups excluding carboxylic acids is 1. The highest BCUT2D eigenvalue weighted by Crippen LogP contribution is 2.22. The summed E-state index contributed by atoms with van der Waals surface area (Å²) in [5.41, 5.74) is 5.69. The molecule has 0 fully saturated rings. The smallest absolute Gasteiger partial charge is 0.270 e. The van der Waals surface area contributed by atoms with E-state index in [0.717, 1.165) is 0 Å². The minimum Gasteiger partial charge on any atom is -0.354 e. The highest BCUT2D eigenvalue weighted by Gasteiger charge is 2.15. The normalized spacial score (nSPS) is 11.2. The van der Waals surface area contributed by atoms with Gasteiger partial charge in [-0.25, -0.2) is 0 Å². The Kier molecular flexibility index (Phi) is 4.85. The minimum atomic E-state index is -0.535. The minimum absolute atomic E-state index is 0.0624. The summed E-state index contributed by atoms with van der Waals surface area (Å²) in [5, 5.41) is 13.4. The van der Waals surface area contributed by atoms with E-state index in [9.17, 15) is 14.9 Å². The predicted octanol–water partition coefficient (Wildman–Crippen LogP) is 1.64. The molecule has 0 saturated heterocycles. The average molecular weight is 286 g/mol. The van der Waals surface area contributed by atoms with Crippen LogP contribution in [0.15, 0.2) is 18.2 Å². The van der Waals surface area contributed by atoms with E-state index in [1.54, 1.807) is 13.8 Å². The number of nitrogens with zero attached hydrogens (tertiary/aromatic N) is 1. The fourth-order valence-electron chi connectivity index (χ4n) is 1.36. The number of nitrogens with one attached hydrogen (secondary N) is 1. The van der Waals surface area contributed by atoms with Gasteiger partial charge in [0.05, 0.1) is 16.4 Å². The molecule has 0 atom stereocenters. The van der Waals surface area contributed by atoms with Gasteiger partial charge < -0.3 is 11.1 Å². The molecule has 0 aliphatic rings. The van der Waals surface area contributed by atoms with Crippen molar-refractivity contribution in [3.63, 3.8) is 0 Å². The lowest BCUT2D eigenvalue weighted by Gasteiger charge is -2.18. The molecule has 6 nitrogen and oxygen atoms in total. The molecule has 104 valence electrons. The van der Waals surface area contributed by atoms with E-state index in [1.165, 1.54) is 18.2 Å². The Morgan fingerprint density at radius 3 is 2.63 bits per heavy atom. The van der Waals surface area contributed by atoms with Crippen molar-refractivity contribution in [3.8, 4) is 0 Å². The molecule has 3 N–H and O–H groups in total. The number of nitrogens with two attached hydrogens (primary N) is 1. The van der Waals surface area contributed by atoms with Crippen molar-refractivity contribution >= 4 is 23.2 Å². The lowest BCUT2D eigenvalue weighted by Crippen LogP contribution is -2.45. The maximum absolute atomic E-state index is 11.7. The Bertz CT molecular complexity index is 497. The first-order valence-corrected chi connectivity index (χ1v) is 6.05. The van der Waals surface area contributed by atoms with Crippen molar-refractivity contribution in [1.29, 1.82) is 0 Å². The van der Waals surface area contributed by atoms with Gasteiger partial charge in [-0.1, -0.05) is 17.7 Å². The summed E-state index contributed by atoms with van der Waals surface area (Å²) in [6.07, 6.45) is 0.0624. The van der Waals surface area contributed by atoms with Crippen LogP contribution in [0.4, 0.5) is 5.69 Å². The number of nitro groups is 1. The van der Waals surface area contributed by atoms with Crippen molar-refractivity contribution in [1.82, 2.24) is 5.32 Å². The van der Waals surface area contributed by atoms with Gasteiger partial charge in [0.25, 0.3) is 5.69 Å². The van der Waals surface area contributed by atoms with Crippen LogP contribution < -0.4 is 11.1 Å². The molecular weight excluding hydrogens is 270 g/mol. The molecule has 0 saturated carbocycles. The van der Waals surface area contributed by atoms with Crippen molar-refractivity contribution in [2.45, 2.75) is 25.8 Å². The Balaban J connectivity index is 2.67. The number of hydrogen-bond acceptors (Lipinski definition) is 4. The zero-order valence-electron chi connectivity index (χ0n) is 10.8. The van der Waals surface area contributed by atoms with Gasteiger partial charge in [0.15, 0.2) is 0 Å². The van der Waals surface area contributed by atoms with Crippen LogP contribution in [0.3, 0.4) is 0 Å². The van der Waals surface area contributed by atoms with Gasteiger partial charge in [-0.3, -0.25) is 14.9 Å². The number of amides is 1. The largest absolute Gasteiger partial charge is 0.354 e. The van der Waals surface area contributed by atoms with E-state index in [4.69, 9.17) is 17.3 Å². The third kappa shape index (κ3) is 5.23. The maximum Gasteiger partial charge on any atom is 0.270 e. The van der Waals surface area contributed by atoms with E-state index in [2.05, 4.69) is 5.32 Å². The third-order valence-corrected chi connectivity index (χ3v) is 2.69. The molecule has 0 unspecified atom stereocenters. The van der Waals surface area contributed by atoms with Gasteiger partial charge in [0, 0.05) is 24.2 Å². The number of non-ortho nitro benzene ring substituents is 1. The third-order valence-electron chi connectivity index (χ3n) is 2.34. The van der Waals surface area contributed by atoms with Crippen LogP contribution in [0.25, 0.3) is 0 Å². The second-order valence-corrected chi connectivity index (χ2v) is 5.38. The first kappa shape index (κ1) is 15.4. The number of nitro benzene ring substituents is 1. The fraction of sp³-hybridized carbons (Fsp3) is 0.417. The molecule has 0 aliphatic heterocycles. The first-order valence-electron chi connectivity index (χ1n) is 5.67. The van der Waals surface area contributed by atoms with Crippen LogP contribution in [0, 0.1) is 10.1 Å². The van der Waals surface area contributed by atoms with E-state index >= 15 is 0 Å². The molecule has 0 radical (unpaired) electrons. The monoisotopic (exact) mass is 285 g/mol. The van der Waals surface area contributed by atoms with Crippen LogP contribution in [-0.2, 0) is 11.2 Å². The Morgan fingerprint density at radius 1 is 1.53 bits per heavy atom. The summed E-state index contributed by atoms with van der Waals surface area (Å²) in [4.78, 5) is 21.7. The second kappa shape index (κ2) is 5.99. The van der Waals surface area contributed by atoms with Gasteiger partial charge >= 0.3 is 0 Å². The Morgan fingerprint density at radius 2 is 2.16 bits per heavy atom. The lowest BCUT2D eigenvalue weighted by molar-refractivity contribution is -0.384. The molecule has 1 aromatic carbocycles. The molecule has 0 heterocycles. The van der Waals surface area contributed by atoms with Crippen molar-refractivity contribution in [3.05, 3.63) is 38.9 Å². The Hall–Kier alpha value is -1.66. The van der Waals surface area contributed by atoms with Crippen molar-refractivity contribution in [2.24, 2.45) is 5.73 Å². The molecule has 1 amide bonds. The lowest BCUT2D eigenvalue weighted by atomic mass is 10.1. The van der Waals surface area contributed by atoms with Crippen LogP contribution in [0.1, 0.15) is 19.4 Å². The van der Waals surface area contributed by atoms with Crippen LogP contribution in [0.2, 0.25) is 5.02 Å². The summed E-state index contributed by atoms with van der Waals surface area (Å²) in [6.45, 7) is 3.94. The summed E-state index contributed by atoms with van der Waals surface area (Å²) in [7, 11) is 0. The second-order valence-electron chi connectivity index (χ2n) is 4.97.